The van der Waals surface area contributed by atoms with Crippen molar-refractivity contribution < 1.29 is 4.79 Å². The Labute approximate surface area is 115 Å². The zero-order chi connectivity index (χ0) is 13.9. The quantitative estimate of drug-likeness (QED) is 0.871. The normalized spacial score (nSPS) is 17.7. The Hall–Kier alpha value is -1.35. The molecule has 104 valence electrons. The van der Waals surface area contributed by atoms with Gasteiger partial charge >= 0.3 is 0 Å². The highest BCUT2D eigenvalue weighted by Gasteiger charge is 2.31. The van der Waals surface area contributed by atoms with Crippen LogP contribution >= 0.6 is 0 Å². The van der Waals surface area contributed by atoms with Crippen LogP contribution in [-0.2, 0) is 4.79 Å². The van der Waals surface area contributed by atoms with Gasteiger partial charge in [0.05, 0.1) is 0 Å². The molecular weight excluding hydrogens is 236 g/mol. The smallest absolute Gasteiger partial charge is 0.226 e. The molecule has 0 atom stereocenters. The van der Waals surface area contributed by atoms with Crippen molar-refractivity contribution in [3.8, 4) is 0 Å². The lowest BCUT2D eigenvalue weighted by Gasteiger charge is -2.22. The summed E-state index contributed by atoms with van der Waals surface area (Å²) in [4.78, 5) is 12.0. The number of benzene rings is 1. The van der Waals surface area contributed by atoms with Crippen LogP contribution in [0.15, 0.2) is 24.3 Å². The molecule has 0 unspecified atom stereocenters. The largest absolute Gasteiger partial charge is 0.326 e. The maximum Gasteiger partial charge on any atom is 0.226 e. The molecule has 1 aromatic carbocycles. The molecule has 1 saturated carbocycles. The van der Waals surface area contributed by atoms with Gasteiger partial charge in [0.2, 0.25) is 5.91 Å². The summed E-state index contributed by atoms with van der Waals surface area (Å²) in [6.45, 7) is 4.32. The van der Waals surface area contributed by atoms with E-state index in [-0.39, 0.29) is 11.4 Å². The third-order valence-corrected chi connectivity index (χ3v) is 3.97. The van der Waals surface area contributed by atoms with E-state index in [0.29, 0.717) is 12.3 Å². The molecule has 1 amide bonds. The van der Waals surface area contributed by atoms with Gasteiger partial charge in [-0.1, -0.05) is 38.8 Å². The average Bonchev–Trinajstić information content (AvgIpc) is 2.76. The molecule has 0 saturated heterocycles. The summed E-state index contributed by atoms with van der Waals surface area (Å²) in [7, 11) is 0. The summed E-state index contributed by atoms with van der Waals surface area (Å²) in [5, 5.41) is 2.94. The number of carbonyl (C=O) groups excluding carboxylic acids is 1. The third kappa shape index (κ3) is 3.80. The summed E-state index contributed by atoms with van der Waals surface area (Å²) < 4.78 is 0. The van der Waals surface area contributed by atoms with E-state index in [1.807, 2.05) is 12.1 Å². The molecule has 0 bridgehead atoms. The molecule has 1 fully saturated rings. The molecular formula is C16H24N2O. The van der Waals surface area contributed by atoms with Crippen LogP contribution in [0.2, 0.25) is 0 Å². The van der Waals surface area contributed by atoms with E-state index in [2.05, 4.69) is 31.3 Å². The van der Waals surface area contributed by atoms with Gasteiger partial charge in [0.15, 0.2) is 0 Å². The zero-order valence-electron chi connectivity index (χ0n) is 11.9. The van der Waals surface area contributed by atoms with Gasteiger partial charge < -0.3 is 11.1 Å². The van der Waals surface area contributed by atoms with E-state index in [0.717, 1.165) is 31.4 Å². The first kappa shape index (κ1) is 14.1. The molecule has 0 heterocycles. The van der Waals surface area contributed by atoms with Crippen molar-refractivity contribution in [3.05, 3.63) is 29.8 Å². The second kappa shape index (κ2) is 5.74. The lowest BCUT2D eigenvalue weighted by atomic mass is 9.94. The van der Waals surface area contributed by atoms with E-state index in [1.54, 1.807) is 0 Å². The highest BCUT2D eigenvalue weighted by Crippen LogP contribution is 2.30. The van der Waals surface area contributed by atoms with E-state index in [4.69, 9.17) is 5.73 Å². The summed E-state index contributed by atoms with van der Waals surface area (Å²) in [6.07, 6.45) is 4.65. The third-order valence-electron chi connectivity index (χ3n) is 3.97. The lowest BCUT2D eigenvalue weighted by molar-refractivity contribution is -0.117. The van der Waals surface area contributed by atoms with Gasteiger partial charge in [0.1, 0.15) is 0 Å². The predicted octanol–water partition coefficient (Wildman–Crippen LogP) is 3.41. The van der Waals surface area contributed by atoms with Gasteiger partial charge in [-0.3, -0.25) is 4.79 Å². The van der Waals surface area contributed by atoms with Crippen LogP contribution in [0.3, 0.4) is 0 Å². The van der Waals surface area contributed by atoms with Crippen LogP contribution in [0.25, 0.3) is 0 Å². The number of nitrogens with two attached hydrogens (primary N) is 1. The molecule has 2 rings (SSSR count). The van der Waals surface area contributed by atoms with Crippen LogP contribution in [0, 0.1) is 0 Å². The van der Waals surface area contributed by atoms with Crippen molar-refractivity contribution in [2.24, 2.45) is 5.73 Å². The molecule has 0 radical (unpaired) electrons. The molecule has 19 heavy (non-hydrogen) atoms. The monoisotopic (exact) mass is 260 g/mol. The van der Waals surface area contributed by atoms with Gasteiger partial charge in [-0.05, 0) is 36.5 Å². The van der Waals surface area contributed by atoms with E-state index >= 15 is 0 Å². The highest BCUT2D eigenvalue weighted by molar-refractivity contribution is 5.91. The molecule has 1 aromatic rings. The molecule has 0 spiro atoms. The molecule has 1 aliphatic rings. The number of hydrogen-bond acceptors (Lipinski definition) is 2. The van der Waals surface area contributed by atoms with Crippen LogP contribution in [0.5, 0.6) is 0 Å². The fourth-order valence-electron chi connectivity index (χ4n) is 2.73. The van der Waals surface area contributed by atoms with Crippen molar-refractivity contribution in [2.45, 2.75) is 57.4 Å². The van der Waals surface area contributed by atoms with Gasteiger partial charge in [0, 0.05) is 17.6 Å². The molecule has 3 N–H and O–H groups in total. The second-order valence-corrected chi connectivity index (χ2v) is 6.07. The van der Waals surface area contributed by atoms with E-state index < -0.39 is 0 Å². The maximum absolute atomic E-state index is 12.0. The molecule has 3 heteroatoms. The second-order valence-electron chi connectivity index (χ2n) is 6.07. The van der Waals surface area contributed by atoms with Crippen molar-refractivity contribution in [1.29, 1.82) is 0 Å². The van der Waals surface area contributed by atoms with Crippen LogP contribution < -0.4 is 11.1 Å². The Morgan fingerprint density at radius 1 is 1.26 bits per heavy atom. The number of carbonyl (C=O) groups is 1. The Morgan fingerprint density at radius 3 is 2.37 bits per heavy atom. The Morgan fingerprint density at radius 2 is 1.84 bits per heavy atom. The standard InChI is InChI=1S/C16H24N2O/c1-12(2)13-5-7-14(8-6-13)18-15(19)11-16(17)9-3-4-10-16/h5-8,12H,3-4,9-11,17H2,1-2H3,(H,18,19). The van der Waals surface area contributed by atoms with Crippen molar-refractivity contribution in [2.75, 3.05) is 5.32 Å². The highest BCUT2D eigenvalue weighted by atomic mass is 16.1. The number of rotatable bonds is 4. The molecule has 0 aromatic heterocycles. The first-order valence-corrected chi connectivity index (χ1v) is 7.17. The van der Waals surface area contributed by atoms with Crippen molar-refractivity contribution >= 4 is 11.6 Å². The number of amides is 1. The Balaban J connectivity index is 1.91. The first-order valence-electron chi connectivity index (χ1n) is 7.17. The van der Waals surface area contributed by atoms with Gasteiger partial charge in [-0.25, -0.2) is 0 Å². The number of anilines is 1. The maximum atomic E-state index is 12.0. The van der Waals surface area contributed by atoms with E-state index in [1.165, 1.54) is 5.56 Å². The summed E-state index contributed by atoms with van der Waals surface area (Å²) >= 11 is 0. The molecule has 3 nitrogen and oxygen atoms in total. The van der Waals surface area contributed by atoms with Crippen LogP contribution in [-0.4, -0.2) is 11.4 Å². The zero-order valence-corrected chi connectivity index (χ0v) is 11.9. The predicted molar refractivity (Wildman–Crippen MR) is 79.2 cm³/mol. The number of nitrogens with one attached hydrogen (secondary N) is 1. The van der Waals surface area contributed by atoms with Crippen LogP contribution in [0.4, 0.5) is 5.69 Å². The van der Waals surface area contributed by atoms with Crippen molar-refractivity contribution in [3.63, 3.8) is 0 Å². The van der Waals surface area contributed by atoms with Gasteiger partial charge in [-0.15, -0.1) is 0 Å². The topological polar surface area (TPSA) is 55.1 Å². The average molecular weight is 260 g/mol. The molecule has 1 aliphatic carbocycles. The van der Waals surface area contributed by atoms with Gasteiger partial charge in [-0.2, -0.15) is 0 Å². The fourth-order valence-corrected chi connectivity index (χ4v) is 2.73. The minimum Gasteiger partial charge on any atom is -0.326 e. The Bertz CT molecular complexity index is 431. The van der Waals surface area contributed by atoms with Crippen molar-refractivity contribution in [1.82, 2.24) is 0 Å². The minimum absolute atomic E-state index is 0.0293. The lowest BCUT2D eigenvalue weighted by Crippen LogP contribution is -2.40. The summed E-state index contributed by atoms with van der Waals surface area (Å²) in [5.41, 5.74) is 8.08. The Kier molecular flexibility index (Phi) is 4.25. The van der Waals surface area contributed by atoms with Gasteiger partial charge in [0.25, 0.3) is 0 Å². The summed E-state index contributed by atoms with van der Waals surface area (Å²) in [5.74, 6) is 0.539. The summed E-state index contributed by atoms with van der Waals surface area (Å²) in [6, 6.07) is 8.05. The van der Waals surface area contributed by atoms with Crippen LogP contribution in [0.1, 0.15) is 57.4 Å². The van der Waals surface area contributed by atoms with E-state index in [9.17, 15) is 4.79 Å². The molecule has 0 aliphatic heterocycles. The first-order chi connectivity index (χ1) is 8.98. The fraction of sp³-hybridized carbons (Fsp3) is 0.562. The number of hydrogen-bond donors (Lipinski definition) is 2. The minimum atomic E-state index is -0.276. The SMILES string of the molecule is CC(C)c1ccc(NC(=O)CC2(N)CCCC2)cc1.